The summed E-state index contributed by atoms with van der Waals surface area (Å²) in [6.07, 6.45) is 22.0. The van der Waals surface area contributed by atoms with Gasteiger partial charge in [0.25, 0.3) is 0 Å². The lowest BCUT2D eigenvalue weighted by Gasteiger charge is -2.22. The van der Waals surface area contributed by atoms with Crippen LogP contribution in [0.5, 0.6) is 0 Å². The van der Waals surface area contributed by atoms with Crippen molar-refractivity contribution in [3.05, 3.63) is 0 Å². The molecule has 0 atom stereocenters. The van der Waals surface area contributed by atoms with E-state index in [0.717, 1.165) is 6.42 Å². The van der Waals surface area contributed by atoms with Crippen LogP contribution < -0.4 is 0 Å². The molecular weight excluding hydrogens is 344 g/mol. The summed E-state index contributed by atoms with van der Waals surface area (Å²) in [6.45, 7) is 2.94. The molecule has 0 aliphatic rings. The van der Waals surface area contributed by atoms with Gasteiger partial charge in [0.05, 0.1) is 0 Å². The second-order valence-corrected chi connectivity index (χ2v) is 9.78. The first-order chi connectivity index (χ1) is 12.7. The SMILES string of the molecule is CCCCCCCCCCCCCCCCCCO[Si](OC)(OC)OC. The number of hydrogen-bond acceptors (Lipinski definition) is 4. The highest BCUT2D eigenvalue weighted by molar-refractivity contribution is 6.53. The van der Waals surface area contributed by atoms with Gasteiger partial charge in [-0.05, 0) is 6.42 Å². The van der Waals surface area contributed by atoms with Gasteiger partial charge in [0, 0.05) is 27.9 Å². The second kappa shape index (κ2) is 19.8. The van der Waals surface area contributed by atoms with Crippen molar-refractivity contribution in [1.29, 1.82) is 0 Å². The zero-order valence-corrected chi connectivity index (χ0v) is 19.2. The summed E-state index contributed by atoms with van der Waals surface area (Å²) < 4.78 is 21.4. The molecule has 4 nitrogen and oxygen atoms in total. The Kier molecular flexibility index (Phi) is 19.9. The van der Waals surface area contributed by atoms with Crippen molar-refractivity contribution in [2.45, 2.75) is 110 Å². The molecule has 0 rings (SSSR count). The quantitative estimate of drug-likeness (QED) is 0.163. The maximum atomic E-state index is 5.67. The molecule has 0 aromatic heterocycles. The van der Waals surface area contributed by atoms with E-state index < -0.39 is 9.05 Å². The first-order valence-electron chi connectivity index (χ1n) is 11.0. The molecular formula is C21H46O4Si. The van der Waals surface area contributed by atoms with E-state index in [-0.39, 0.29) is 0 Å². The van der Waals surface area contributed by atoms with E-state index >= 15 is 0 Å². The maximum absolute atomic E-state index is 5.67. The van der Waals surface area contributed by atoms with E-state index in [1.54, 1.807) is 21.3 Å². The topological polar surface area (TPSA) is 36.9 Å². The molecule has 0 fully saturated rings. The van der Waals surface area contributed by atoms with E-state index in [9.17, 15) is 0 Å². The normalized spacial score (nSPS) is 12.0. The summed E-state index contributed by atoms with van der Waals surface area (Å²) in [5.74, 6) is 0. The van der Waals surface area contributed by atoms with Crippen molar-refractivity contribution in [2.24, 2.45) is 0 Å². The molecule has 0 amide bonds. The van der Waals surface area contributed by atoms with E-state index in [1.807, 2.05) is 0 Å². The molecule has 0 saturated carbocycles. The highest BCUT2D eigenvalue weighted by Gasteiger charge is 2.41. The summed E-state index contributed by atoms with van der Waals surface area (Å²) >= 11 is 0. The summed E-state index contributed by atoms with van der Waals surface area (Å²) in [5, 5.41) is 0. The lowest BCUT2D eigenvalue weighted by Crippen LogP contribution is -2.46. The summed E-state index contributed by atoms with van der Waals surface area (Å²) in [4.78, 5) is 0. The minimum absolute atomic E-state index is 0.653. The van der Waals surface area contributed by atoms with Crippen LogP contribution in [0.2, 0.25) is 0 Å². The van der Waals surface area contributed by atoms with Gasteiger partial charge >= 0.3 is 9.05 Å². The predicted molar refractivity (Wildman–Crippen MR) is 112 cm³/mol. The van der Waals surface area contributed by atoms with E-state index in [1.165, 1.54) is 96.3 Å². The molecule has 0 bridgehead atoms. The third kappa shape index (κ3) is 15.1. The number of rotatable bonds is 21. The van der Waals surface area contributed by atoms with E-state index in [0.29, 0.717) is 6.61 Å². The van der Waals surface area contributed by atoms with Crippen LogP contribution in [0.3, 0.4) is 0 Å². The largest absolute Gasteiger partial charge is 0.678 e. The zero-order valence-electron chi connectivity index (χ0n) is 18.2. The third-order valence-electron chi connectivity index (χ3n) is 5.03. The first-order valence-corrected chi connectivity index (χ1v) is 12.7. The fourth-order valence-electron chi connectivity index (χ4n) is 3.27. The summed E-state index contributed by atoms with van der Waals surface area (Å²) in [7, 11) is 1.90. The molecule has 0 aliphatic heterocycles. The predicted octanol–water partition coefficient (Wildman–Crippen LogP) is 6.64. The molecule has 26 heavy (non-hydrogen) atoms. The summed E-state index contributed by atoms with van der Waals surface area (Å²) in [5.41, 5.74) is 0. The lowest BCUT2D eigenvalue weighted by atomic mass is 10.0. The Morgan fingerprint density at radius 2 is 0.769 bits per heavy atom. The molecule has 0 heterocycles. The monoisotopic (exact) mass is 390 g/mol. The molecule has 0 saturated heterocycles. The Bertz CT molecular complexity index is 264. The van der Waals surface area contributed by atoms with Gasteiger partial charge in [0.15, 0.2) is 0 Å². The molecule has 5 heteroatoms. The van der Waals surface area contributed by atoms with Crippen molar-refractivity contribution in [3.8, 4) is 0 Å². The molecule has 0 aromatic carbocycles. The van der Waals surface area contributed by atoms with Gasteiger partial charge in [-0.2, -0.15) is 0 Å². The Morgan fingerprint density at radius 3 is 1.08 bits per heavy atom. The fraction of sp³-hybridized carbons (Fsp3) is 1.00. The second-order valence-electron chi connectivity index (χ2n) is 7.26. The molecule has 0 aromatic rings. The Balaban J connectivity index is 3.20. The van der Waals surface area contributed by atoms with Crippen LogP contribution in [0, 0.1) is 0 Å². The Labute approximate surface area is 164 Å². The maximum Gasteiger partial charge on any atom is 0.678 e. The molecule has 0 spiro atoms. The van der Waals surface area contributed by atoms with Crippen LogP contribution in [-0.2, 0) is 17.7 Å². The minimum Gasteiger partial charge on any atom is -0.355 e. The van der Waals surface area contributed by atoms with Gasteiger partial charge in [-0.1, -0.05) is 103 Å². The standard InChI is InChI=1S/C21H46O4Si/c1-5-6-7-8-9-10-11-12-13-14-15-16-17-18-19-20-21-25-26(22-2,23-3)24-4/h5-21H2,1-4H3. The van der Waals surface area contributed by atoms with Crippen molar-refractivity contribution in [2.75, 3.05) is 27.9 Å². The van der Waals surface area contributed by atoms with Gasteiger partial charge in [-0.15, -0.1) is 0 Å². The first kappa shape index (κ1) is 26.1. The van der Waals surface area contributed by atoms with Crippen LogP contribution in [0.1, 0.15) is 110 Å². The van der Waals surface area contributed by atoms with Gasteiger partial charge in [0.2, 0.25) is 0 Å². The molecule has 158 valence electrons. The van der Waals surface area contributed by atoms with Crippen molar-refractivity contribution in [3.63, 3.8) is 0 Å². The van der Waals surface area contributed by atoms with Crippen LogP contribution >= 0.6 is 0 Å². The van der Waals surface area contributed by atoms with Gasteiger partial charge in [0.1, 0.15) is 0 Å². The van der Waals surface area contributed by atoms with Crippen LogP contribution in [0.4, 0.5) is 0 Å². The van der Waals surface area contributed by atoms with E-state index in [2.05, 4.69) is 6.92 Å². The third-order valence-corrected chi connectivity index (χ3v) is 7.08. The van der Waals surface area contributed by atoms with E-state index in [4.69, 9.17) is 17.7 Å². The lowest BCUT2D eigenvalue weighted by molar-refractivity contribution is 0.00504. The van der Waals surface area contributed by atoms with Gasteiger partial charge in [-0.25, -0.2) is 0 Å². The summed E-state index contributed by atoms with van der Waals surface area (Å²) in [6, 6.07) is 0. The van der Waals surface area contributed by atoms with Gasteiger partial charge < -0.3 is 17.7 Å². The smallest absolute Gasteiger partial charge is 0.355 e. The number of hydrogen-bond donors (Lipinski definition) is 0. The minimum atomic E-state index is -2.83. The Hall–Kier alpha value is 0.0569. The van der Waals surface area contributed by atoms with Crippen molar-refractivity contribution >= 4 is 9.05 Å². The average molecular weight is 391 g/mol. The van der Waals surface area contributed by atoms with Crippen LogP contribution in [-0.4, -0.2) is 37.0 Å². The molecule has 0 N–H and O–H groups in total. The number of unbranched alkanes of at least 4 members (excludes halogenated alkanes) is 15. The zero-order chi connectivity index (χ0) is 19.3. The van der Waals surface area contributed by atoms with Crippen molar-refractivity contribution < 1.29 is 17.7 Å². The van der Waals surface area contributed by atoms with Crippen LogP contribution in [0.25, 0.3) is 0 Å². The average Bonchev–Trinajstić information content (AvgIpc) is 2.68. The molecule has 0 aliphatic carbocycles. The van der Waals surface area contributed by atoms with Crippen LogP contribution in [0.15, 0.2) is 0 Å². The van der Waals surface area contributed by atoms with Gasteiger partial charge in [-0.3, -0.25) is 0 Å². The highest BCUT2D eigenvalue weighted by atomic mass is 28.4. The Morgan fingerprint density at radius 1 is 0.462 bits per heavy atom. The van der Waals surface area contributed by atoms with Crippen molar-refractivity contribution in [1.82, 2.24) is 0 Å². The highest BCUT2D eigenvalue weighted by Crippen LogP contribution is 2.14. The fourth-order valence-corrected chi connectivity index (χ4v) is 4.52. The molecule has 0 unspecified atom stereocenters. The molecule has 0 radical (unpaired) electrons.